The molecule has 0 bridgehead atoms. The van der Waals surface area contributed by atoms with Gasteiger partial charge in [-0.2, -0.15) is 0 Å². The topological polar surface area (TPSA) is 126 Å². The van der Waals surface area contributed by atoms with Crippen molar-refractivity contribution in [1.82, 2.24) is 10.2 Å². The van der Waals surface area contributed by atoms with Crippen LogP contribution in [0.3, 0.4) is 0 Å². The molecule has 4 rings (SSSR count). The molecule has 0 radical (unpaired) electrons. The predicted molar refractivity (Wildman–Crippen MR) is 130 cm³/mol. The van der Waals surface area contributed by atoms with E-state index in [1.807, 2.05) is 6.07 Å². The number of nitrogens with one attached hydrogen (secondary N) is 2. The first-order valence-corrected chi connectivity index (χ1v) is 11.6. The number of guanidine groups is 1. The first-order chi connectivity index (χ1) is 16.3. The smallest absolute Gasteiger partial charge is 0.313 e. The lowest BCUT2D eigenvalue weighted by molar-refractivity contribution is -0.136. The Morgan fingerprint density at radius 3 is 2.59 bits per heavy atom. The van der Waals surface area contributed by atoms with Gasteiger partial charge in [0.25, 0.3) is 0 Å². The summed E-state index contributed by atoms with van der Waals surface area (Å²) in [5, 5.41) is 5.14. The Bertz CT molecular complexity index is 1110. The molecule has 2 aromatic rings. The van der Waals surface area contributed by atoms with Crippen molar-refractivity contribution in [2.45, 2.75) is 31.8 Å². The van der Waals surface area contributed by atoms with Crippen molar-refractivity contribution < 1.29 is 14.0 Å². The summed E-state index contributed by atoms with van der Waals surface area (Å²) in [6, 6.07) is 9.59. The number of nitrogens with two attached hydrogens (primary N) is 2. The zero-order chi connectivity index (χ0) is 24.2. The van der Waals surface area contributed by atoms with Gasteiger partial charge in [0.2, 0.25) is 0 Å². The second kappa shape index (κ2) is 10.4. The summed E-state index contributed by atoms with van der Waals surface area (Å²) < 4.78 is 13.7. The summed E-state index contributed by atoms with van der Waals surface area (Å²) in [5.41, 5.74) is 14.5. The fraction of sp³-hybridized carbons (Fsp3) is 0.375. The van der Waals surface area contributed by atoms with E-state index < -0.39 is 23.7 Å². The van der Waals surface area contributed by atoms with Gasteiger partial charge in [0.05, 0.1) is 11.1 Å². The summed E-state index contributed by atoms with van der Waals surface area (Å²) in [6.07, 6.45) is 3.13. The number of nitrogens with zero attached hydrogens (tertiary/aromatic N) is 2. The third kappa shape index (κ3) is 5.66. The lowest BCUT2D eigenvalue weighted by Gasteiger charge is -2.21. The van der Waals surface area contributed by atoms with Gasteiger partial charge in [-0.1, -0.05) is 29.8 Å². The molecule has 34 heavy (non-hydrogen) atoms. The average Bonchev–Trinajstić information content (AvgIpc) is 3.42. The number of fused-ring (bicyclic) bond motifs is 1. The number of hydrogen-bond donors (Lipinski definition) is 4. The van der Waals surface area contributed by atoms with Crippen LogP contribution in [0.2, 0.25) is 5.02 Å². The van der Waals surface area contributed by atoms with Crippen LogP contribution in [0.15, 0.2) is 41.4 Å². The number of rotatable bonds is 6. The Morgan fingerprint density at radius 1 is 1.12 bits per heavy atom. The van der Waals surface area contributed by atoms with Crippen LogP contribution in [-0.4, -0.2) is 42.3 Å². The van der Waals surface area contributed by atoms with Crippen LogP contribution in [0.25, 0.3) is 0 Å². The molecule has 2 atom stereocenters. The van der Waals surface area contributed by atoms with Crippen LogP contribution in [0.5, 0.6) is 0 Å². The number of benzene rings is 2. The zero-order valence-corrected chi connectivity index (χ0v) is 19.4. The molecule has 2 aliphatic rings. The summed E-state index contributed by atoms with van der Waals surface area (Å²) in [6.45, 7) is 3.42. The van der Waals surface area contributed by atoms with Gasteiger partial charge in [0.1, 0.15) is 5.82 Å². The summed E-state index contributed by atoms with van der Waals surface area (Å²) in [4.78, 5) is 31.8. The van der Waals surface area contributed by atoms with Crippen molar-refractivity contribution in [1.29, 1.82) is 0 Å². The maximum absolute atomic E-state index is 13.7. The van der Waals surface area contributed by atoms with Crippen LogP contribution in [0.1, 0.15) is 35.6 Å². The number of carbonyl (C=O) groups excluding carboxylic acids is 2. The molecule has 0 saturated carbocycles. The number of anilines is 1. The molecule has 0 unspecified atom stereocenters. The first-order valence-electron chi connectivity index (χ1n) is 11.3. The van der Waals surface area contributed by atoms with Gasteiger partial charge in [-0.25, -0.2) is 4.39 Å². The largest absolute Gasteiger partial charge is 0.370 e. The van der Waals surface area contributed by atoms with Crippen LogP contribution in [0.4, 0.5) is 10.1 Å². The third-order valence-electron chi connectivity index (χ3n) is 6.28. The molecule has 1 saturated heterocycles. The van der Waals surface area contributed by atoms with E-state index in [0.717, 1.165) is 36.8 Å². The highest BCUT2D eigenvalue weighted by atomic mass is 35.5. The van der Waals surface area contributed by atoms with Crippen LogP contribution in [-0.2, 0) is 22.6 Å². The number of likely N-dealkylation sites (tertiary alicyclic amines) is 1. The zero-order valence-electron chi connectivity index (χ0n) is 18.7. The minimum absolute atomic E-state index is 0.0294. The highest BCUT2D eigenvalue weighted by Gasteiger charge is 2.35. The van der Waals surface area contributed by atoms with Crippen molar-refractivity contribution >= 4 is 35.1 Å². The van der Waals surface area contributed by atoms with Gasteiger partial charge >= 0.3 is 11.8 Å². The molecule has 1 aliphatic carbocycles. The Labute approximate surface area is 202 Å². The van der Waals surface area contributed by atoms with E-state index >= 15 is 0 Å². The fourth-order valence-corrected chi connectivity index (χ4v) is 4.77. The van der Waals surface area contributed by atoms with Crippen molar-refractivity contribution in [2.24, 2.45) is 22.4 Å². The van der Waals surface area contributed by atoms with E-state index in [4.69, 9.17) is 23.1 Å². The SMILES string of the molecule is NC(N)=NC[C@H]1Cc2cc(CN3CCCC3)ccc2[C@@H]1NC(=O)C(=O)Nc1ccc(Cl)c(F)c1. The standard InChI is InChI=1S/C24H28ClFN6O2/c25-19-6-4-17(11-20(19)26)30-22(33)23(34)31-21-16(12-29-24(27)28)10-15-9-14(3-5-18(15)21)13-32-7-1-2-8-32/h3-6,9,11,16,21H,1-2,7-8,10,12-13H2,(H,30,33)(H,31,34)(H4,27,28,29)/t16-,21-/m1/s1. The molecule has 6 N–H and O–H groups in total. The number of hydrogen-bond acceptors (Lipinski definition) is 4. The van der Waals surface area contributed by atoms with E-state index in [9.17, 15) is 14.0 Å². The molecule has 1 heterocycles. The molecular formula is C24H28ClFN6O2. The molecule has 2 amide bonds. The predicted octanol–water partition coefficient (Wildman–Crippen LogP) is 2.32. The molecule has 1 fully saturated rings. The number of halogens is 2. The van der Waals surface area contributed by atoms with E-state index in [-0.39, 0.29) is 22.6 Å². The number of aliphatic imine (C=N–C) groups is 1. The van der Waals surface area contributed by atoms with E-state index in [1.165, 1.54) is 30.5 Å². The maximum Gasteiger partial charge on any atom is 0.313 e. The van der Waals surface area contributed by atoms with E-state index in [2.05, 4.69) is 32.7 Å². The van der Waals surface area contributed by atoms with Gasteiger partial charge in [-0.05, 0) is 67.2 Å². The van der Waals surface area contributed by atoms with Gasteiger partial charge in [0, 0.05) is 24.7 Å². The third-order valence-corrected chi connectivity index (χ3v) is 6.59. The van der Waals surface area contributed by atoms with Crippen LogP contribution >= 0.6 is 11.6 Å². The second-order valence-corrected chi connectivity index (χ2v) is 9.19. The van der Waals surface area contributed by atoms with Gasteiger partial charge < -0.3 is 22.1 Å². The van der Waals surface area contributed by atoms with Gasteiger partial charge in [0.15, 0.2) is 5.96 Å². The van der Waals surface area contributed by atoms with Gasteiger partial charge in [-0.3, -0.25) is 19.5 Å². The molecule has 2 aromatic carbocycles. The molecule has 1 aliphatic heterocycles. The number of carbonyl (C=O) groups is 2. The molecule has 180 valence electrons. The molecule has 8 nitrogen and oxygen atoms in total. The minimum Gasteiger partial charge on any atom is -0.370 e. The quantitative estimate of drug-likeness (QED) is 0.283. The Hall–Kier alpha value is -3.17. The van der Waals surface area contributed by atoms with Crippen molar-refractivity contribution in [2.75, 3.05) is 25.0 Å². The molecule has 10 heteroatoms. The molecule has 0 spiro atoms. The minimum atomic E-state index is -0.901. The Morgan fingerprint density at radius 2 is 1.88 bits per heavy atom. The maximum atomic E-state index is 13.7. The number of amides is 2. The Balaban J connectivity index is 1.49. The average molecular weight is 487 g/mol. The monoisotopic (exact) mass is 486 g/mol. The lowest BCUT2D eigenvalue weighted by Crippen LogP contribution is -2.40. The molecule has 0 aromatic heterocycles. The second-order valence-electron chi connectivity index (χ2n) is 8.78. The molecular weight excluding hydrogens is 459 g/mol. The highest BCUT2D eigenvalue weighted by Crippen LogP contribution is 2.37. The summed E-state index contributed by atoms with van der Waals surface area (Å²) >= 11 is 5.67. The van der Waals surface area contributed by atoms with Crippen molar-refractivity contribution in [3.63, 3.8) is 0 Å². The highest BCUT2D eigenvalue weighted by molar-refractivity contribution is 6.39. The van der Waals surface area contributed by atoms with E-state index in [0.29, 0.717) is 13.0 Å². The van der Waals surface area contributed by atoms with Gasteiger partial charge in [-0.15, -0.1) is 0 Å². The van der Waals surface area contributed by atoms with Crippen molar-refractivity contribution in [3.8, 4) is 0 Å². The van der Waals surface area contributed by atoms with Crippen LogP contribution in [0, 0.1) is 11.7 Å². The first kappa shape index (κ1) is 24.0. The Kier molecular flexibility index (Phi) is 7.33. The van der Waals surface area contributed by atoms with Crippen LogP contribution < -0.4 is 22.1 Å². The lowest BCUT2D eigenvalue weighted by atomic mass is 10.0. The summed E-state index contributed by atoms with van der Waals surface area (Å²) in [5.74, 6) is -2.56. The normalized spacial score (nSPS) is 19.5. The summed E-state index contributed by atoms with van der Waals surface area (Å²) in [7, 11) is 0. The van der Waals surface area contributed by atoms with Crippen molar-refractivity contribution in [3.05, 3.63) is 63.9 Å². The fourth-order valence-electron chi connectivity index (χ4n) is 4.65. The van der Waals surface area contributed by atoms with E-state index in [1.54, 1.807) is 0 Å².